The van der Waals surface area contributed by atoms with Gasteiger partial charge in [0.15, 0.2) is 0 Å². The fourth-order valence-corrected chi connectivity index (χ4v) is 2.41. The molecule has 1 atom stereocenters. The van der Waals surface area contributed by atoms with Crippen molar-refractivity contribution >= 4 is 17.7 Å². The fourth-order valence-electron chi connectivity index (χ4n) is 2.20. The zero-order valence-electron chi connectivity index (χ0n) is 12.3. The van der Waals surface area contributed by atoms with Gasteiger partial charge in [0.25, 0.3) is 0 Å². The quantitative estimate of drug-likeness (QED) is 0.770. The van der Waals surface area contributed by atoms with Gasteiger partial charge in [-0.05, 0) is 29.0 Å². The van der Waals surface area contributed by atoms with Crippen LogP contribution in [-0.4, -0.2) is 30.5 Å². The van der Waals surface area contributed by atoms with Crippen molar-refractivity contribution < 1.29 is 19.4 Å². The van der Waals surface area contributed by atoms with Crippen LogP contribution in [0.1, 0.15) is 5.56 Å². The Morgan fingerprint density at radius 3 is 2.65 bits per heavy atom. The number of hydrogen-bond donors (Lipinski definition) is 2. The molecule has 120 valence electrons. The lowest BCUT2D eigenvalue weighted by Crippen LogP contribution is -2.17. The van der Waals surface area contributed by atoms with Gasteiger partial charge >= 0.3 is 6.09 Å². The zero-order chi connectivity index (χ0) is 16.2. The predicted octanol–water partition coefficient (Wildman–Crippen LogP) is 2.61. The molecule has 0 saturated carbocycles. The van der Waals surface area contributed by atoms with Crippen LogP contribution in [0.15, 0.2) is 42.5 Å². The number of amides is 1. The number of nitrogens with one attached hydrogen (secondary N) is 1. The Hall–Kier alpha value is -2.24. The number of carbonyl (C=O) groups excluding carboxylic acids is 1. The van der Waals surface area contributed by atoms with Gasteiger partial charge in [-0.1, -0.05) is 35.9 Å². The molecule has 0 radical (unpaired) electrons. The highest BCUT2D eigenvalue weighted by Gasteiger charge is 2.20. The molecular formula is C17H16ClNO4. The van der Waals surface area contributed by atoms with E-state index in [0.29, 0.717) is 13.2 Å². The third kappa shape index (κ3) is 3.75. The Morgan fingerprint density at radius 2 is 2.17 bits per heavy atom. The molecule has 1 fully saturated rings. The van der Waals surface area contributed by atoms with Gasteiger partial charge in [-0.25, -0.2) is 4.79 Å². The zero-order valence-corrected chi connectivity index (χ0v) is 13.0. The summed E-state index contributed by atoms with van der Waals surface area (Å²) < 4.78 is 10.2. The van der Waals surface area contributed by atoms with Crippen molar-refractivity contribution in [2.45, 2.75) is 12.7 Å². The predicted molar refractivity (Wildman–Crippen MR) is 85.3 cm³/mol. The average Bonchev–Trinajstić information content (AvgIpc) is 2.95. The number of ether oxygens (including phenoxy) is 2. The number of carbonyl (C=O) groups is 1. The van der Waals surface area contributed by atoms with Gasteiger partial charge in [0.05, 0.1) is 13.2 Å². The lowest BCUT2D eigenvalue weighted by atomic mass is 10.1. The molecule has 1 aromatic carbocycles. The van der Waals surface area contributed by atoms with Crippen molar-refractivity contribution in [3.05, 3.63) is 63.5 Å². The molecule has 0 aromatic heterocycles. The highest BCUT2D eigenvalue weighted by molar-refractivity contribution is 6.30. The van der Waals surface area contributed by atoms with E-state index < -0.39 is 6.09 Å². The van der Waals surface area contributed by atoms with E-state index in [4.69, 9.17) is 21.4 Å². The van der Waals surface area contributed by atoms with Crippen LogP contribution < -0.4 is 10.1 Å². The van der Waals surface area contributed by atoms with Gasteiger partial charge in [-0.3, -0.25) is 0 Å². The number of hydrogen-bond acceptors (Lipinski definition) is 4. The smallest absolute Gasteiger partial charge is 0.407 e. The molecule has 0 bridgehead atoms. The third-order valence-electron chi connectivity index (χ3n) is 3.53. The van der Waals surface area contributed by atoms with Crippen molar-refractivity contribution in [3.63, 3.8) is 0 Å². The minimum Gasteiger partial charge on any atom is -0.488 e. The number of alkyl carbamates (subject to hydrolysis) is 1. The Balaban J connectivity index is 0.000000166. The summed E-state index contributed by atoms with van der Waals surface area (Å²) in [6.45, 7) is 0.908. The summed E-state index contributed by atoms with van der Waals surface area (Å²) in [5, 5.41) is 14.1. The van der Waals surface area contributed by atoms with E-state index in [1.165, 1.54) is 10.4 Å². The van der Waals surface area contributed by atoms with Crippen LogP contribution in [-0.2, 0) is 11.3 Å². The van der Waals surface area contributed by atoms with E-state index in [0.717, 1.165) is 16.3 Å². The van der Waals surface area contributed by atoms with Crippen molar-refractivity contribution in [1.82, 2.24) is 5.32 Å². The van der Waals surface area contributed by atoms with Crippen molar-refractivity contribution in [2.75, 3.05) is 13.2 Å². The summed E-state index contributed by atoms with van der Waals surface area (Å²) in [6, 6.07) is 13.9. The Kier molecular flexibility index (Phi) is 4.69. The summed E-state index contributed by atoms with van der Waals surface area (Å²) in [4.78, 5) is 10.2. The monoisotopic (exact) mass is 333 g/mol. The van der Waals surface area contributed by atoms with Crippen molar-refractivity contribution in [3.8, 4) is 5.75 Å². The molecule has 0 spiro atoms. The highest BCUT2D eigenvalue weighted by Crippen LogP contribution is 2.25. The lowest BCUT2D eigenvalue weighted by molar-refractivity contribution is 0.0961. The third-order valence-corrected chi connectivity index (χ3v) is 3.76. The molecule has 5 nitrogen and oxygen atoms in total. The maximum Gasteiger partial charge on any atom is 0.407 e. The number of aliphatic hydroxyl groups excluding tert-OH is 1. The largest absolute Gasteiger partial charge is 0.488 e. The van der Waals surface area contributed by atoms with Crippen LogP contribution in [0.2, 0.25) is 5.02 Å². The topological polar surface area (TPSA) is 67.8 Å². The van der Waals surface area contributed by atoms with E-state index >= 15 is 0 Å². The van der Waals surface area contributed by atoms with E-state index in [9.17, 15) is 4.79 Å². The summed E-state index contributed by atoms with van der Waals surface area (Å²) in [7, 11) is 0. The maximum absolute atomic E-state index is 10.2. The normalized spacial score (nSPS) is 16.8. The van der Waals surface area contributed by atoms with Crippen molar-refractivity contribution in [2.24, 2.45) is 0 Å². The number of halogens is 1. The van der Waals surface area contributed by atoms with Crippen LogP contribution in [0.5, 0.6) is 5.75 Å². The molecule has 6 heteroatoms. The summed E-state index contributed by atoms with van der Waals surface area (Å²) in [5.74, 6) is 0.993. The van der Waals surface area contributed by atoms with Crippen LogP contribution in [0, 0.1) is 10.4 Å². The average molecular weight is 334 g/mol. The second-order valence-corrected chi connectivity index (χ2v) is 5.66. The second-order valence-electron chi connectivity index (χ2n) is 5.22. The Labute approximate surface area is 138 Å². The molecule has 2 aliphatic carbocycles. The van der Waals surface area contributed by atoms with E-state index in [2.05, 4.69) is 28.3 Å². The molecule has 23 heavy (non-hydrogen) atoms. The summed E-state index contributed by atoms with van der Waals surface area (Å²) >= 11 is 5.88. The SMILES string of the molecule is Clc1cccc(COc2cc3ccc2=3)c1.O=C1NCC(CO)O1. The van der Waals surface area contributed by atoms with Gasteiger partial charge < -0.3 is 19.9 Å². The fraction of sp³-hybridized carbons (Fsp3) is 0.235. The summed E-state index contributed by atoms with van der Waals surface area (Å²) in [6.07, 6.45) is -0.772. The number of aliphatic hydroxyl groups is 1. The van der Waals surface area contributed by atoms with Crippen LogP contribution in [0.3, 0.4) is 0 Å². The van der Waals surface area contributed by atoms with Crippen LogP contribution >= 0.6 is 11.6 Å². The maximum atomic E-state index is 10.2. The van der Waals surface area contributed by atoms with E-state index in [1.54, 1.807) is 0 Å². The number of cyclic esters (lactones) is 1. The number of rotatable bonds is 4. The van der Waals surface area contributed by atoms with Crippen molar-refractivity contribution in [1.29, 1.82) is 0 Å². The number of benzene rings is 2. The molecule has 1 aromatic rings. The molecule has 1 amide bonds. The van der Waals surface area contributed by atoms with E-state index in [-0.39, 0.29) is 12.7 Å². The molecule has 1 aliphatic heterocycles. The van der Waals surface area contributed by atoms with Gasteiger partial charge in [-0.15, -0.1) is 0 Å². The lowest BCUT2D eigenvalue weighted by Gasteiger charge is -2.13. The minimum atomic E-state index is -0.441. The Bertz CT molecular complexity index is 808. The second kappa shape index (κ2) is 6.89. The molecule has 1 saturated heterocycles. The van der Waals surface area contributed by atoms with Gasteiger partial charge in [0.1, 0.15) is 18.5 Å². The first-order valence-electron chi connectivity index (χ1n) is 7.22. The summed E-state index contributed by atoms with van der Waals surface area (Å²) in [5.41, 5.74) is 1.10. The van der Waals surface area contributed by atoms with E-state index in [1.807, 2.05) is 24.3 Å². The Morgan fingerprint density at radius 1 is 1.30 bits per heavy atom. The molecule has 1 heterocycles. The van der Waals surface area contributed by atoms with Crippen LogP contribution in [0.4, 0.5) is 4.79 Å². The molecule has 2 N–H and O–H groups in total. The molecule has 4 rings (SSSR count). The first kappa shape index (κ1) is 15.6. The minimum absolute atomic E-state index is 0.0985. The highest BCUT2D eigenvalue weighted by atomic mass is 35.5. The molecule has 1 unspecified atom stereocenters. The first-order valence-corrected chi connectivity index (χ1v) is 7.60. The molecule has 3 aliphatic rings. The molecular weight excluding hydrogens is 318 g/mol. The van der Waals surface area contributed by atoms with Gasteiger partial charge in [0.2, 0.25) is 0 Å². The van der Waals surface area contributed by atoms with Crippen LogP contribution in [0.25, 0.3) is 0 Å². The first-order chi connectivity index (χ1) is 11.2. The van der Waals surface area contributed by atoms with Gasteiger partial charge in [-0.2, -0.15) is 0 Å². The standard InChI is InChI=1S/C13H9ClO.C4H7NO3/c14-11-3-1-2-9(6-11)8-15-13-7-10-4-5-12(10)13;6-2-3-1-5-4(7)8-3/h1-7H,8H2;3,6H,1-2H2,(H,5,7). The van der Waals surface area contributed by atoms with Gasteiger partial charge in [0, 0.05) is 10.2 Å².